The summed E-state index contributed by atoms with van der Waals surface area (Å²) in [5.74, 6) is -0.497. The van der Waals surface area contributed by atoms with Crippen LogP contribution in [-0.4, -0.2) is 18.4 Å². The number of hydrogen-bond acceptors (Lipinski definition) is 2. The number of anilines is 1. The lowest BCUT2D eigenvalue weighted by atomic mass is 10.1. The van der Waals surface area contributed by atoms with E-state index in [2.05, 4.69) is 22.9 Å². The highest BCUT2D eigenvalue weighted by atomic mass is 79.9. The SMILES string of the molecule is CCCN(c1ccc(C(=N)N)c(Br)c1F)C(C)C. The Morgan fingerprint density at radius 3 is 2.56 bits per heavy atom. The molecule has 1 rings (SSSR count). The number of amidine groups is 1. The minimum absolute atomic E-state index is 0.140. The van der Waals surface area contributed by atoms with Crippen LogP contribution in [0.2, 0.25) is 0 Å². The van der Waals surface area contributed by atoms with E-state index < -0.39 is 0 Å². The molecule has 0 amide bonds. The lowest BCUT2D eigenvalue weighted by Gasteiger charge is -2.29. The van der Waals surface area contributed by atoms with Crippen molar-refractivity contribution in [3.63, 3.8) is 0 Å². The van der Waals surface area contributed by atoms with E-state index in [-0.39, 0.29) is 22.2 Å². The van der Waals surface area contributed by atoms with Crippen LogP contribution in [0.5, 0.6) is 0 Å². The van der Waals surface area contributed by atoms with Crippen LogP contribution in [0.4, 0.5) is 10.1 Å². The minimum Gasteiger partial charge on any atom is -0.384 e. The fourth-order valence-corrected chi connectivity index (χ4v) is 2.42. The Bertz CT molecular complexity index is 446. The van der Waals surface area contributed by atoms with E-state index in [1.54, 1.807) is 12.1 Å². The van der Waals surface area contributed by atoms with Crippen molar-refractivity contribution in [2.45, 2.75) is 33.2 Å². The van der Waals surface area contributed by atoms with Gasteiger partial charge < -0.3 is 10.6 Å². The van der Waals surface area contributed by atoms with Gasteiger partial charge in [0.05, 0.1) is 10.2 Å². The van der Waals surface area contributed by atoms with E-state index >= 15 is 0 Å². The first-order valence-corrected chi connectivity index (χ1v) is 6.78. The third-order valence-electron chi connectivity index (χ3n) is 2.75. The summed E-state index contributed by atoms with van der Waals surface area (Å²) >= 11 is 3.18. The molecule has 0 spiro atoms. The van der Waals surface area contributed by atoms with Crippen LogP contribution >= 0.6 is 15.9 Å². The highest BCUT2D eigenvalue weighted by molar-refractivity contribution is 9.10. The molecular formula is C13H19BrFN3. The molecule has 0 saturated heterocycles. The molecule has 0 radical (unpaired) electrons. The van der Waals surface area contributed by atoms with E-state index in [9.17, 15) is 4.39 Å². The molecule has 3 N–H and O–H groups in total. The summed E-state index contributed by atoms with van der Waals surface area (Å²) in [6.45, 7) is 6.91. The Hall–Kier alpha value is -1.10. The molecular weight excluding hydrogens is 297 g/mol. The van der Waals surface area contributed by atoms with Gasteiger partial charge in [-0.3, -0.25) is 5.41 Å². The molecule has 0 aliphatic rings. The number of nitrogen functional groups attached to an aromatic ring is 1. The number of nitrogens with zero attached hydrogens (tertiary/aromatic N) is 1. The molecule has 1 aromatic carbocycles. The fraction of sp³-hybridized carbons (Fsp3) is 0.462. The lowest BCUT2D eigenvalue weighted by Crippen LogP contribution is -2.32. The predicted molar refractivity (Wildman–Crippen MR) is 77.9 cm³/mol. The van der Waals surface area contributed by atoms with Crippen molar-refractivity contribution >= 4 is 27.5 Å². The van der Waals surface area contributed by atoms with E-state index in [0.717, 1.165) is 13.0 Å². The Morgan fingerprint density at radius 1 is 1.50 bits per heavy atom. The maximum Gasteiger partial charge on any atom is 0.161 e. The zero-order valence-corrected chi connectivity index (χ0v) is 12.5. The first-order chi connectivity index (χ1) is 8.40. The molecule has 18 heavy (non-hydrogen) atoms. The van der Waals surface area contributed by atoms with Gasteiger partial charge >= 0.3 is 0 Å². The van der Waals surface area contributed by atoms with Gasteiger partial charge in [0, 0.05) is 18.2 Å². The van der Waals surface area contributed by atoms with Crippen molar-refractivity contribution in [3.05, 3.63) is 28.0 Å². The van der Waals surface area contributed by atoms with Crippen LogP contribution in [-0.2, 0) is 0 Å². The highest BCUT2D eigenvalue weighted by Gasteiger charge is 2.18. The van der Waals surface area contributed by atoms with Gasteiger partial charge in [-0.2, -0.15) is 0 Å². The molecule has 0 atom stereocenters. The maximum atomic E-state index is 14.3. The average Bonchev–Trinajstić information content (AvgIpc) is 2.29. The molecule has 0 aliphatic heterocycles. The Labute approximate surface area is 116 Å². The molecule has 1 aromatic rings. The summed E-state index contributed by atoms with van der Waals surface area (Å²) in [7, 11) is 0. The number of rotatable bonds is 5. The summed E-state index contributed by atoms with van der Waals surface area (Å²) in [6, 6.07) is 3.58. The summed E-state index contributed by atoms with van der Waals surface area (Å²) in [5.41, 5.74) is 6.33. The number of benzene rings is 1. The Balaban J connectivity index is 3.25. The van der Waals surface area contributed by atoms with E-state index in [0.29, 0.717) is 11.3 Å². The van der Waals surface area contributed by atoms with Gasteiger partial charge in [0.15, 0.2) is 5.82 Å². The minimum atomic E-state index is -0.357. The summed E-state index contributed by atoms with van der Waals surface area (Å²) < 4.78 is 14.6. The first kappa shape index (κ1) is 15.0. The first-order valence-electron chi connectivity index (χ1n) is 5.99. The molecule has 0 heterocycles. The third kappa shape index (κ3) is 3.02. The highest BCUT2D eigenvalue weighted by Crippen LogP contribution is 2.30. The van der Waals surface area contributed by atoms with E-state index in [1.165, 1.54) is 0 Å². The standard InChI is InChI=1S/C13H19BrFN3/c1-4-7-18(8(2)3)10-6-5-9(13(16)17)11(14)12(10)15/h5-6,8H,4,7H2,1-3H3,(H3,16,17). The van der Waals surface area contributed by atoms with Crippen molar-refractivity contribution in [1.29, 1.82) is 5.41 Å². The largest absolute Gasteiger partial charge is 0.384 e. The molecule has 0 aliphatic carbocycles. The van der Waals surface area contributed by atoms with Gasteiger partial charge in [-0.05, 0) is 48.3 Å². The average molecular weight is 316 g/mol. The van der Waals surface area contributed by atoms with Crippen LogP contribution in [0.1, 0.15) is 32.8 Å². The van der Waals surface area contributed by atoms with Gasteiger partial charge in [-0.15, -0.1) is 0 Å². The Morgan fingerprint density at radius 2 is 2.11 bits per heavy atom. The van der Waals surface area contributed by atoms with Crippen LogP contribution in [0.15, 0.2) is 16.6 Å². The second kappa shape index (κ2) is 6.18. The second-order valence-electron chi connectivity index (χ2n) is 4.46. The monoisotopic (exact) mass is 315 g/mol. The predicted octanol–water partition coefficient (Wildman–Crippen LogP) is 3.50. The Kier molecular flexibility index (Phi) is 5.14. The molecule has 0 bridgehead atoms. The molecule has 0 aromatic heterocycles. The van der Waals surface area contributed by atoms with Gasteiger partial charge in [-0.1, -0.05) is 6.92 Å². The van der Waals surface area contributed by atoms with Gasteiger partial charge in [-0.25, -0.2) is 4.39 Å². The zero-order valence-electron chi connectivity index (χ0n) is 10.9. The number of nitrogens with one attached hydrogen (secondary N) is 1. The molecule has 0 saturated carbocycles. The van der Waals surface area contributed by atoms with Crippen LogP contribution < -0.4 is 10.6 Å². The number of nitrogens with two attached hydrogens (primary N) is 1. The third-order valence-corrected chi connectivity index (χ3v) is 3.52. The van der Waals surface area contributed by atoms with E-state index in [4.69, 9.17) is 11.1 Å². The fourth-order valence-electron chi connectivity index (χ4n) is 1.87. The summed E-state index contributed by atoms with van der Waals surface area (Å²) in [5, 5.41) is 7.38. The van der Waals surface area contributed by atoms with Crippen molar-refractivity contribution < 1.29 is 4.39 Å². The van der Waals surface area contributed by atoms with Crippen molar-refractivity contribution in [1.82, 2.24) is 0 Å². The maximum absolute atomic E-state index is 14.3. The summed E-state index contributed by atoms with van der Waals surface area (Å²) in [4.78, 5) is 2.00. The molecule has 0 fully saturated rings. The quantitative estimate of drug-likeness (QED) is 0.645. The topological polar surface area (TPSA) is 53.1 Å². The molecule has 3 nitrogen and oxygen atoms in total. The van der Waals surface area contributed by atoms with Crippen LogP contribution in [0, 0.1) is 11.2 Å². The number of halogens is 2. The van der Waals surface area contributed by atoms with E-state index in [1.807, 2.05) is 18.7 Å². The summed E-state index contributed by atoms with van der Waals surface area (Å²) in [6.07, 6.45) is 0.948. The zero-order chi connectivity index (χ0) is 13.9. The molecule has 5 heteroatoms. The van der Waals surface area contributed by atoms with Crippen LogP contribution in [0.3, 0.4) is 0 Å². The second-order valence-corrected chi connectivity index (χ2v) is 5.25. The molecule has 100 valence electrons. The van der Waals surface area contributed by atoms with Gasteiger partial charge in [0.1, 0.15) is 5.84 Å². The number of hydrogen-bond donors (Lipinski definition) is 2. The smallest absolute Gasteiger partial charge is 0.161 e. The molecule has 0 unspecified atom stereocenters. The normalized spacial score (nSPS) is 10.8. The van der Waals surface area contributed by atoms with Crippen LogP contribution in [0.25, 0.3) is 0 Å². The van der Waals surface area contributed by atoms with Gasteiger partial charge in [0.25, 0.3) is 0 Å². The van der Waals surface area contributed by atoms with Crippen molar-refractivity contribution in [3.8, 4) is 0 Å². The van der Waals surface area contributed by atoms with Crippen molar-refractivity contribution in [2.75, 3.05) is 11.4 Å². The van der Waals surface area contributed by atoms with Gasteiger partial charge in [0.2, 0.25) is 0 Å². The van der Waals surface area contributed by atoms with Crippen molar-refractivity contribution in [2.24, 2.45) is 5.73 Å². The lowest BCUT2D eigenvalue weighted by molar-refractivity contribution is 0.591.